The minimum absolute atomic E-state index is 0.548. The molecule has 1 aromatic rings. The number of aromatic nitrogens is 1. The highest BCUT2D eigenvalue weighted by atomic mass is 35.5. The summed E-state index contributed by atoms with van der Waals surface area (Å²) in [6.07, 6.45) is 4.43. The summed E-state index contributed by atoms with van der Waals surface area (Å²) in [6.45, 7) is 2.25. The summed E-state index contributed by atoms with van der Waals surface area (Å²) in [4.78, 5) is 9.06. The molecule has 94 valence electrons. The molecular weight excluding hydrogens is 234 g/mol. The molecule has 0 saturated carbocycles. The summed E-state index contributed by atoms with van der Waals surface area (Å²) in [5.41, 5.74) is 1.13. The quantitative estimate of drug-likeness (QED) is 0.768. The van der Waals surface area contributed by atoms with Gasteiger partial charge in [0.1, 0.15) is 5.82 Å². The van der Waals surface area contributed by atoms with Gasteiger partial charge in [0.25, 0.3) is 0 Å². The van der Waals surface area contributed by atoms with E-state index in [1.807, 2.05) is 12.3 Å². The zero-order chi connectivity index (χ0) is 12.3. The van der Waals surface area contributed by atoms with E-state index in [0.717, 1.165) is 17.9 Å². The molecule has 1 atom stereocenters. The minimum Gasteiger partial charge on any atom is -0.358 e. The molecule has 2 heterocycles. The Bertz CT molecular complexity index is 369. The van der Waals surface area contributed by atoms with Crippen LogP contribution in [0.4, 0.5) is 5.82 Å². The van der Waals surface area contributed by atoms with Crippen LogP contribution in [0.3, 0.4) is 0 Å². The van der Waals surface area contributed by atoms with Crippen molar-refractivity contribution in [3.8, 4) is 0 Å². The zero-order valence-electron chi connectivity index (χ0n) is 10.6. The molecule has 0 radical (unpaired) electrons. The molecule has 0 N–H and O–H groups in total. The number of halogens is 1. The minimum atomic E-state index is 0.548. The van der Waals surface area contributed by atoms with Gasteiger partial charge in [-0.1, -0.05) is 0 Å². The molecular formula is C13H20ClN3. The first-order valence-corrected chi connectivity index (χ1v) is 6.66. The van der Waals surface area contributed by atoms with Crippen molar-refractivity contribution in [3.05, 3.63) is 23.9 Å². The van der Waals surface area contributed by atoms with Crippen molar-refractivity contribution in [2.24, 2.45) is 0 Å². The Balaban J connectivity index is 2.00. The molecule has 1 aromatic heterocycles. The molecule has 4 heteroatoms. The first kappa shape index (κ1) is 12.7. The Labute approximate surface area is 108 Å². The van der Waals surface area contributed by atoms with E-state index in [4.69, 9.17) is 11.6 Å². The second-order valence-corrected chi connectivity index (χ2v) is 5.08. The van der Waals surface area contributed by atoms with Gasteiger partial charge in [-0.2, -0.15) is 0 Å². The van der Waals surface area contributed by atoms with Crippen molar-refractivity contribution >= 4 is 17.4 Å². The third-order valence-corrected chi connectivity index (χ3v) is 3.82. The van der Waals surface area contributed by atoms with Crippen LogP contribution in [0.5, 0.6) is 0 Å². The van der Waals surface area contributed by atoms with Crippen molar-refractivity contribution in [3.63, 3.8) is 0 Å². The van der Waals surface area contributed by atoms with E-state index in [1.165, 1.54) is 19.4 Å². The third-order valence-electron chi connectivity index (χ3n) is 3.51. The molecule has 1 aliphatic heterocycles. The Morgan fingerprint density at radius 2 is 2.41 bits per heavy atom. The predicted molar refractivity (Wildman–Crippen MR) is 72.7 cm³/mol. The van der Waals surface area contributed by atoms with Gasteiger partial charge in [-0.3, -0.25) is 0 Å². The van der Waals surface area contributed by atoms with E-state index in [-0.39, 0.29) is 0 Å². The molecule has 0 aromatic carbocycles. The topological polar surface area (TPSA) is 19.4 Å². The molecule has 0 spiro atoms. The fraction of sp³-hybridized carbons (Fsp3) is 0.615. The second kappa shape index (κ2) is 5.69. The third kappa shape index (κ3) is 3.11. The maximum Gasteiger partial charge on any atom is 0.128 e. The number of nitrogens with zero attached hydrogens (tertiary/aromatic N) is 3. The van der Waals surface area contributed by atoms with Crippen molar-refractivity contribution in [1.29, 1.82) is 0 Å². The van der Waals surface area contributed by atoms with Gasteiger partial charge in [-0.25, -0.2) is 4.98 Å². The lowest BCUT2D eigenvalue weighted by Gasteiger charge is -2.26. The SMILES string of the molecule is CN(CC1CCCN1C)c1cc(CCl)ccn1. The Morgan fingerprint density at radius 3 is 3.06 bits per heavy atom. The molecule has 17 heavy (non-hydrogen) atoms. The maximum atomic E-state index is 5.84. The first-order chi connectivity index (χ1) is 8.20. The number of rotatable bonds is 4. The lowest BCUT2D eigenvalue weighted by molar-refractivity contribution is 0.314. The average molecular weight is 254 g/mol. The fourth-order valence-electron chi connectivity index (χ4n) is 2.37. The first-order valence-electron chi connectivity index (χ1n) is 6.13. The van der Waals surface area contributed by atoms with Crippen molar-refractivity contribution in [2.75, 3.05) is 32.1 Å². The lowest BCUT2D eigenvalue weighted by atomic mass is 10.2. The fourth-order valence-corrected chi connectivity index (χ4v) is 2.54. The number of anilines is 1. The van der Waals surface area contributed by atoms with Crippen LogP contribution in [0.1, 0.15) is 18.4 Å². The number of hydrogen-bond donors (Lipinski definition) is 0. The Kier molecular flexibility index (Phi) is 4.24. The highest BCUT2D eigenvalue weighted by Crippen LogP contribution is 2.19. The van der Waals surface area contributed by atoms with Crippen LogP contribution in [0.25, 0.3) is 0 Å². The summed E-state index contributed by atoms with van der Waals surface area (Å²) in [5.74, 6) is 1.57. The number of hydrogen-bond acceptors (Lipinski definition) is 3. The van der Waals surface area contributed by atoms with Gasteiger partial charge in [0.15, 0.2) is 0 Å². The molecule has 1 unspecified atom stereocenters. The highest BCUT2D eigenvalue weighted by molar-refractivity contribution is 6.17. The molecule has 1 saturated heterocycles. The van der Waals surface area contributed by atoms with Gasteiger partial charge in [0.2, 0.25) is 0 Å². The number of pyridine rings is 1. The van der Waals surface area contributed by atoms with Gasteiger partial charge in [0, 0.05) is 31.7 Å². The smallest absolute Gasteiger partial charge is 0.128 e. The predicted octanol–water partition coefficient (Wildman–Crippen LogP) is 2.35. The van der Waals surface area contributed by atoms with Crippen molar-refractivity contribution < 1.29 is 0 Å². The van der Waals surface area contributed by atoms with E-state index in [0.29, 0.717) is 11.9 Å². The molecule has 0 bridgehead atoms. The van der Waals surface area contributed by atoms with E-state index >= 15 is 0 Å². The molecule has 0 amide bonds. The molecule has 1 fully saturated rings. The number of likely N-dealkylation sites (tertiary alicyclic amines) is 1. The van der Waals surface area contributed by atoms with Gasteiger partial charge in [-0.05, 0) is 44.1 Å². The number of likely N-dealkylation sites (N-methyl/N-ethyl adjacent to an activating group) is 2. The highest BCUT2D eigenvalue weighted by Gasteiger charge is 2.22. The van der Waals surface area contributed by atoms with Crippen LogP contribution in [-0.2, 0) is 5.88 Å². The number of alkyl halides is 1. The van der Waals surface area contributed by atoms with Crippen LogP contribution in [0.2, 0.25) is 0 Å². The Hall–Kier alpha value is -0.800. The summed E-state index contributed by atoms with van der Waals surface area (Å²) in [5, 5.41) is 0. The zero-order valence-corrected chi connectivity index (χ0v) is 11.3. The molecule has 2 rings (SSSR count). The van der Waals surface area contributed by atoms with Gasteiger partial charge in [0.05, 0.1) is 0 Å². The largest absolute Gasteiger partial charge is 0.358 e. The van der Waals surface area contributed by atoms with E-state index in [9.17, 15) is 0 Å². The van der Waals surface area contributed by atoms with Crippen LogP contribution >= 0.6 is 11.6 Å². The maximum absolute atomic E-state index is 5.84. The standard InChI is InChI=1S/C13H20ClN3/c1-16-7-3-4-12(16)10-17(2)13-8-11(9-14)5-6-15-13/h5-6,8,12H,3-4,7,9-10H2,1-2H3. The van der Waals surface area contributed by atoms with Crippen LogP contribution in [-0.4, -0.2) is 43.1 Å². The van der Waals surface area contributed by atoms with Gasteiger partial charge in [-0.15, -0.1) is 11.6 Å². The summed E-state index contributed by atoms with van der Waals surface area (Å²) >= 11 is 5.84. The van der Waals surface area contributed by atoms with Gasteiger partial charge >= 0.3 is 0 Å². The van der Waals surface area contributed by atoms with Crippen LogP contribution in [0, 0.1) is 0 Å². The van der Waals surface area contributed by atoms with Crippen molar-refractivity contribution in [1.82, 2.24) is 9.88 Å². The second-order valence-electron chi connectivity index (χ2n) is 4.81. The monoisotopic (exact) mass is 253 g/mol. The summed E-state index contributed by atoms with van der Waals surface area (Å²) in [7, 11) is 4.31. The molecule has 0 aliphatic carbocycles. The molecule has 1 aliphatic rings. The van der Waals surface area contributed by atoms with E-state index in [1.54, 1.807) is 0 Å². The van der Waals surface area contributed by atoms with Crippen LogP contribution < -0.4 is 4.90 Å². The van der Waals surface area contributed by atoms with E-state index < -0.39 is 0 Å². The summed E-state index contributed by atoms with van der Waals surface area (Å²) < 4.78 is 0. The van der Waals surface area contributed by atoms with Crippen molar-refractivity contribution in [2.45, 2.75) is 24.8 Å². The lowest BCUT2D eigenvalue weighted by Crippen LogP contribution is -2.36. The molecule has 3 nitrogen and oxygen atoms in total. The van der Waals surface area contributed by atoms with Gasteiger partial charge < -0.3 is 9.80 Å². The van der Waals surface area contributed by atoms with E-state index in [2.05, 4.69) is 34.9 Å². The normalized spacial score (nSPS) is 20.8. The summed E-state index contributed by atoms with van der Waals surface area (Å²) in [6, 6.07) is 4.69. The van der Waals surface area contributed by atoms with Crippen LogP contribution in [0.15, 0.2) is 18.3 Å². The Morgan fingerprint density at radius 1 is 1.59 bits per heavy atom. The average Bonchev–Trinajstić information content (AvgIpc) is 2.75.